The highest BCUT2D eigenvalue weighted by Crippen LogP contribution is 2.65. The zero-order chi connectivity index (χ0) is 18.6. The maximum atomic E-state index is 12.6. The van der Waals surface area contributed by atoms with Gasteiger partial charge in [-0.2, -0.15) is 0 Å². The second-order valence-corrected chi connectivity index (χ2v) is 10.9. The molecule has 8 atom stereocenters. The maximum Gasteiger partial charge on any atom is 0.157 e. The lowest BCUT2D eigenvalue weighted by Gasteiger charge is -2.60. The third-order valence-corrected chi connectivity index (χ3v) is 9.81. The van der Waals surface area contributed by atoms with Gasteiger partial charge in [-0.15, -0.1) is 0 Å². The van der Waals surface area contributed by atoms with E-state index in [0.29, 0.717) is 23.2 Å². The Morgan fingerprint density at radius 3 is 2.67 bits per heavy atom. The number of fused-ring (bicyclic) bond motifs is 5. The summed E-state index contributed by atoms with van der Waals surface area (Å²) in [5, 5.41) is 0. The van der Waals surface area contributed by atoms with Crippen molar-refractivity contribution < 1.29 is 14.3 Å². The molecule has 0 unspecified atom stereocenters. The fourth-order valence-corrected chi connectivity index (χ4v) is 8.15. The summed E-state index contributed by atoms with van der Waals surface area (Å²) in [7, 11) is 0. The predicted molar refractivity (Wildman–Crippen MR) is 105 cm³/mol. The van der Waals surface area contributed by atoms with E-state index < -0.39 is 0 Å². The lowest BCUT2D eigenvalue weighted by Crippen LogP contribution is -2.54. The van der Waals surface area contributed by atoms with E-state index >= 15 is 0 Å². The van der Waals surface area contributed by atoms with Crippen LogP contribution in [0.3, 0.4) is 0 Å². The van der Waals surface area contributed by atoms with Crippen molar-refractivity contribution >= 4 is 5.78 Å². The predicted octanol–water partition coefficient (Wildman–Crippen LogP) is 5.51. The van der Waals surface area contributed by atoms with Gasteiger partial charge in [-0.25, -0.2) is 0 Å². The van der Waals surface area contributed by atoms with Crippen LogP contribution in [0.15, 0.2) is 0 Å². The van der Waals surface area contributed by atoms with Crippen molar-refractivity contribution in [3.05, 3.63) is 0 Å². The van der Waals surface area contributed by atoms with Crippen LogP contribution >= 0.6 is 0 Å². The Labute approximate surface area is 164 Å². The van der Waals surface area contributed by atoms with E-state index in [2.05, 4.69) is 13.8 Å². The van der Waals surface area contributed by atoms with Crippen LogP contribution in [0, 0.1) is 34.5 Å². The average molecular weight is 375 g/mol. The number of ketones is 1. The molecule has 0 aromatic heterocycles. The van der Waals surface area contributed by atoms with Gasteiger partial charge in [0.05, 0.1) is 6.10 Å². The summed E-state index contributed by atoms with van der Waals surface area (Å²) in [6.07, 6.45) is 14.9. The smallest absolute Gasteiger partial charge is 0.157 e. The lowest BCUT2D eigenvalue weighted by molar-refractivity contribution is -0.211. The van der Waals surface area contributed by atoms with Crippen LogP contribution < -0.4 is 0 Å². The molecular formula is C24H38O3. The monoisotopic (exact) mass is 374 g/mol. The van der Waals surface area contributed by atoms with Crippen LogP contribution in [-0.4, -0.2) is 24.8 Å². The Morgan fingerprint density at radius 1 is 0.963 bits per heavy atom. The highest BCUT2D eigenvalue weighted by Gasteiger charge is 2.60. The second-order valence-electron chi connectivity index (χ2n) is 10.9. The van der Waals surface area contributed by atoms with Gasteiger partial charge in [-0.1, -0.05) is 13.8 Å². The van der Waals surface area contributed by atoms with Crippen molar-refractivity contribution in [1.29, 1.82) is 0 Å². The number of hydrogen-bond donors (Lipinski definition) is 0. The Morgan fingerprint density at radius 2 is 1.85 bits per heavy atom. The van der Waals surface area contributed by atoms with Crippen LogP contribution in [0.5, 0.6) is 0 Å². The highest BCUT2D eigenvalue weighted by atomic mass is 16.7. The average Bonchev–Trinajstić information content (AvgIpc) is 2.98. The molecule has 5 aliphatic rings. The number of carbonyl (C=O) groups excluding carboxylic acids is 1. The summed E-state index contributed by atoms with van der Waals surface area (Å²) in [6.45, 7) is 5.77. The standard InChI is InChI=1S/C24H38O3/c1-23-12-10-17(27-22-5-3-4-14-26-22)15-16(23)6-7-18-19-8-9-21(25)24(19,2)13-11-20(18)23/h16-20,22H,3-15H2,1-2H3/t16-,17-,18+,19+,20+,22-,23-,24+/m0/s1. The molecule has 5 fully saturated rings. The minimum absolute atomic E-state index is 0.0169. The largest absolute Gasteiger partial charge is 0.353 e. The molecule has 27 heavy (non-hydrogen) atoms. The van der Waals surface area contributed by atoms with Crippen molar-refractivity contribution in [1.82, 2.24) is 0 Å². The maximum absolute atomic E-state index is 12.6. The Hall–Kier alpha value is -0.410. The molecule has 0 aromatic carbocycles. The molecule has 152 valence electrons. The SMILES string of the molecule is C[C@]12CC[C@H](O[C@H]3CCCCO3)C[C@@H]1CC[C@H]1[C@H]2CC[C@@]2(C)C(=O)CC[C@H]12. The summed E-state index contributed by atoms with van der Waals surface area (Å²) in [5.41, 5.74) is 0.492. The molecule has 0 N–H and O–H groups in total. The van der Waals surface area contributed by atoms with Gasteiger partial charge in [0.1, 0.15) is 5.78 Å². The van der Waals surface area contributed by atoms with Crippen molar-refractivity contribution in [2.24, 2.45) is 34.5 Å². The van der Waals surface area contributed by atoms with Crippen molar-refractivity contribution in [2.45, 2.75) is 103 Å². The minimum atomic E-state index is 0.0169. The molecule has 0 radical (unpaired) electrons. The van der Waals surface area contributed by atoms with Gasteiger partial charge in [0, 0.05) is 18.4 Å². The fourth-order valence-electron chi connectivity index (χ4n) is 8.15. The zero-order valence-electron chi connectivity index (χ0n) is 17.4. The number of Topliss-reactive ketones (excluding diaryl/α,β-unsaturated/α-hetero) is 1. The molecule has 4 saturated carbocycles. The van der Waals surface area contributed by atoms with Gasteiger partial charge >= 0.3 is 0 Å². The number of carbonyl (C=O) groups is 1. The van der Waals surface area contributed by atoms with Gasteiger partial charge in [-0.05, 0) is 99.7 Å². The molecule has 0 amide bonds. The second kappa shape index (κ2) is 6.83. The first kappa shape index (κ1) is 18.6. The van der Waals surface area contributed by atoms with E-state index in [1.165, 1.54) is 57.8 Å². The molecule has 3 nitrogen and oxygen atoms in total. The zero-order valence-corrected chi connectivity index (χ0v) is 17.4. The van der Waals surface area contributed by atoms with Crippen molar-refractivity contribution in [2.75, 3.05) is 6.61 Å². The molecule has 1 heterocycles. The van der Waals surface area contributed by atoms with E-state index in [1.54, 1.807) is 0 Å². The van der Waals surface area contributed by atoms with Gasteiger partial charge in [0.25, 0.3) is 0 Å². The van der Waals surface area contributed by atoms with Gasteiger partial charge in [0.15, 0.2) is 6.29 Å². The number of ether oxygens (including phenoxy) is 2. The van der Waals surface area contributed by atoms with Gasteiger partial charge in [0.2, 0.25) is 0 Å². The Kier molecular flexibility index (Phi) is 4.71. The van der Waals surface area contributed by atoms with Gasteiger partial charge < -0.3 is 9.47 Å². The summed E-state index contributed by atoms with van der Waals surface area (Å²) >= 11 is 0. The lowest BCUT2D eigenvalue weighted by atomic mass is 9.45. The highest BCUT2D eigenvalue weighted by molar-refractivity contribution is 5.87. The summed E-state index contributed by atoms with van der Waals surface area (Å²) in [4.78, 5) is 12.6. The molecule has 0 bridgehead atoms. The summed E-state index contributed by atoms with van der Waals surface area (Å²) in [6, 6.07) is 0. The minimum Gasteiger partial charge on any atom is -0.353 e. The van der Waals surface area contributed by atoms with E-state index in [4.69, 9.17) is 9.47 Å². The molecule has 4 aliphatic carbocycles. The van der Waals surface area contributed by atoms with Crippen LogP contribution in [-0.2, 0) is 14.3 Å². The molecule has 1 saturated heterocycles. The van der Waals surface area contributed by atoms with Crippen molar-refractivity contribution in [3.63, 3.8) is 0 Å². The molecule has 5 rings (SSSR count). The summed E-state index contributed by atoms with van der Waals surface area (Å²) in [5.74, 6) is 3.69. The molecule has 3 heteroatoms. The topological polar surface area (TPSA) is 35.5 Å². The van der Waals surface area contributed by atoms with E-state index in [9.17, 15) is 4.79 Å². The number of rotatable bonds is 2. The van der Waals surface area contributed by atoms with Crippen LogP contribution in [0.4, 0.5) is 0 Å². The van der Waals surface area contributed by atoms with E-state index in [0.717, 1.165) is 43.6 Å². The van der Waals surface area contributed by atoms with E-state index in [-0.39, 0.29) is 11.7 Å². The van der Waals surface area contributed by atoms with Gasteiger partial charge in [-0.3, -0.25) is 4.79 Å². The number of hydrogen-bond acceptors (Lipinski definition) is 3. The first-order valence-corrected chi connectivity index (χ1v) is 11.8. The Balaban J connectivity index is 1.28. The molecule has 0 aromatic rings. The van der Waals surface area contributed by atoms with Crippen molar-refractivity contribution in [3.8, 4) is 0 Å². The molecule has 0 spiro atoms. The third kappa shape index (κ3) is 2.94. The normalized spacial score (nSPS) is 52.7. The molecular weight excluding hydrogens is 336 g/mol. The third-order valence-electron chi connectivity index (χ3n) is 9.81. The van der Waals surface area contributed by atoms with Crippen LogP contribution in [0.1, 0.15) is 90.9 Å². The first-order valence-electron chi connectivity index (χ1n) is 11.8. The van der Waals surface area contributed by atoms with Crippen LogP contribution in [0.25, 0.3) is 0 Å². The molecule has 1 aliphatic heterocycles. The fraction of sp³-hybridized carbons (Fsp3) is 0.958. The summed E-state index contributed by atoms with van der Waals surface area (Å²) < 4.78 is 12.2. The Bertz CT molecular complexity index is 582. The quantitative estimate of drug-likeness (QED) is 0.598. The first-order chi connectivity index (χ1) is 13.0. The van der Waals surface area contributed by atoms with E-state index in [1.807, 2.05) is 0 Å². The van der Waals surface area contributed by atoms with Crippen LogP contribution in [0.2, 0.25) is 0 Å².